The van der Waals surface area contributed by atoms with Crippen LogP contribution in [0, 0.1) is 0 Å². The summed E-state index contributed by atoms with van der Waals surface area (Å²) in [5.41, 5.74) is 0. The van der Waals surface area contributed by atoms with E-state index in [1.54, 1.807) is 0 Å². The van der Waals surface area contributed by atoms with Gasteiger partial charge in [0, 0.05) is 0 Å². The fourth-order valence-electron chi connectivity index (χ4n) is 0. The third-order valence-electron chi connectivity index (χ3n) is 0. The molecule has 0 heterocycles. The molecule has 0 bridgehead atoms. The molecular weight excluding hydrogens is 431 g/mol. The third kappa shape index (κ3) is 8.94. The summed E-state index contributed by atoms with van der Waals surface area (Å²) in [6, 6.07) is 0. The largest absolute Gasteiger partial charge is 2.00 e. The van der Waals surface area contributed by atoms with E-state index in [0.717, 1.165) is 0 Å². The van der Waals surface area contributed by atoms with Gasteiger partial charge in [-0.25, -0.2) is 0 Å². The molecule has 0 radical (unpaired) electrons. The van der Waals surface area contributed by atoms with Crippen molar-refractivity contribution in [2.24, 2.45) is 0 Å². The zero-order valence-electron chi connectivity index (χ0n) is 2.23. The second kappa shape index (κ2) is 16.4. The summed E-state index contributed by atoms with van der Waals surface area (Å²) >= 11 is 0. The van der Waals surface area contributed by atoms with Gasteiger partial charge >= 0.3 is 54.6 Å². The number of hydrogen-bond acceptors (Lipinski definition) is 0. The van der Waals surface area contributed by atoms with Crippen molar-refractivity contribution in [3.63, 3.8) is 0 Å². The van der Waals surface area contributed by atoms with Crippen LogP contribution in [0.2, 0.25) is 0 Å². The maximum absolute atomic E-state index is 0. The molecule has 4 heavy (non-hydrogen) atoms. The Labute approximate surface area is 93.4 Å². The second-order valence-corrected chi connectivity index (χ2v) is 0. The van der Waals surface area contributed by atoms with E-state index in [1.165, 1.54) is 0 Å². The van der Waals surface area contributed by atoms with Crippen molar-refractivity contribution in [2.75, 3.05) is 0 Å². The first-order chi connectivity index (χ1) is 0. The van der Waals surface area contributed by atoms with Crippen molar-refractivity contribution in [3.05, 3.63) is 0 Å². The van der Waals surface area contributed by atoms with Crippen molar-refractivity contribution < 1.29 is 54.6 Å². The summed E-state index contributed by atoms with van der Waals surface area (Å²) in [5.74, 6) is 0. The molecule has 0 saturated heterocycles. The van der Waals surface area contributed by atoms with Gasteiger partial charge in [-0.05, 0) is 0 Å². The summed E-state index contributed by atoms with van der Waals surface area (Å²) in [4.78, 5) is 0. The standard InChI is InChI=1S/2Cd.Se.Te/q2*+2;2*-2. The Balaban J connectivity index is 0. The van der Waals surface area contributed by atoms with Gasteiger partial charge in [-0.1, -0.05) is 0 Å². The van der Waals surface area contributed by atoms with Crippen LogP contribution < -0.4 is 0 Å². The predicted octanol–water partition coefficient (Wildman–Crippen LogP) is -0.767. The summed E-state index contributed by atoms with van der Waals surface area (Å²) in [6.07, 6.45) is 0. The van der Waals surface area contributed by atoms with Crippen LogP contribution in [-0.2, 0) is 54.6 Å². The van der Waals surface area contributed by atoms with Crippen molar-refractivity contribution >= 4 is 40.7 Å². The molecule has 0 amide bonds. The molecule has 0 spiro atoms. The van der Waals surface area contributed by atoms with E-state index in [-0.39, 0.29) is 95.3 Å². The van der Waals surface area contributed by atoms with Crippen LogP contribution in [0.5, 0.6) is 0 Å². The van der Waals surface area contributed by atoms with E-state index < -0.39 is 0 Å². The van der Waals surface area contributed by atoms with Crippen LogP contribution in [0.4, 0.5) is 0 Å². The maximum Gasteiger partial charge on any atom is 2.00 e. The molecule has 0 atom stereocenters. The van der Waals surface area contributed by atoms with E-state index in [2.05, 4.69) is 0 Å². The molecule has 0 nitrogen and oxygen atoms in total. The number of rotatable bonds is 0. The molecule has 0 fully saturated rings. The summed E-state index contributed by atoms with van der Waals surface area (Å²) in [5, 5.41) is 0. The zero-order chi connectivity index (χ0) is 0. The van der Waals surface area contributed by atoms with Crippen LogP contribution in [0.3, 0.4) is 0 Å². The van der Waals surface area contributed by atoms with Crippen molar-refractivity contribution in [1.29, 1.82) is 0 Å². The van der Waals surface area contributed by atoms with Gasteiger partial charge in [-0.15, -0.1) is 0 Å². The smallest absolute Gasteiger partial charge is 2.00 e. The molecule has 16 valence electrons. The molecule has 0 aliphatic rings. The molecule has 0 saturated carbocycles. The van der Waals surface area contributed by atoms with Gasteiger partial charge in [0.15, 0.2) is 0 Å². The molecule has 0 aliphatic heterocycles. The first-order valence-corrected chi connectivity index (χ1v) is 0. The minimum absolute atomic E-state index is 0. The van der Waals surface area contributed by atoms with E-state index in [1.807, 2.05) is 0 Å². The van der Waals surface area contributed by atoms with Crippen LogP contribution in [0.1, 0.15) is 0 Å². The van der Waals surface area contributed by atoms with Gasteiger partial charge in [0.25, 0.3) is 0 Å². The van der Waals surface area contributed by atoms with Gasteiger partial charge in [0.05, 0.1) is 0 Å². The van der Waals surface area contributed by atoms with Crippen molar-refractivity contribution in [2.45, 2.75) is 0 Å². The third-order valence-corrected chi connectivity index (χ3v) is 0. The summed E-state index contributed by atoms with van der Waals surface area (Å²) in [7, 11) is 0. The fourth-order valence-corrected chi connectivity index (χ4v) is 0. The maximum atomic E-state index is 0. The molecule has 0 aromatic heterocycles. The Morgan fingerprint density at radius 2 is 0.750 bits per heavy atom. The first kappa shape index (κ1) is 27.2. The number of hydrogen-bond donors (Lipinski definition) is 0. The minimum atomic E-state index is 0. The van der Waals surface area contributed by atoms with Gasteiger partial charge in [-0.3, -0.25) is 0 Å². The molecule has 0 N–H and O–H groups in total. The SMILES string of the molecule is [Cd+2].[Cd+2].[Se-2].[Te-2]. The Hall–Kier alpha value is 3.15. The average molecular weight is 431 g/mol. The Bertz CT molecular complexity index is 6.00. The van der Waals surface area contributed by atoms with Gasteiger partial charge in [0.1, 0.15) is 0 Å². The molecule has 0 rings (SSSR count). The van der Waals surface area contributed by atoms with Gasteiger partial charge in [0.2, 0.25) is 0 Å². The van der Waals surface area contributed by atoms with Crippen LogP contribution >= 0.6 is 0 Å². The Morgan fingerprint density at radius 3 is 0.750 bits per heavy atom. The fraction of sp³-hybridized carbons (Fsp3) is 0. The Kier molecular flexibility index (Phi) is 112. The van der Waals surface area contributed by atoms with Gasteiger partial charge in [-0.2, -0.15) is 0 Å². The predicted molar refractivity (Wildman–Crippen MR) is 11.5 cm³/mol. The molecule has 0 aromatic rings. The van der Waals surface area contributed by atoms with E-state index in [4.69, 9.17) is 0 Å². The molecule has 0 unspecified atom stereocenters. The first-order valence-electron chi connectivity index (χ1n) is 0. The second-order valence-electron chi connectivity index (χ2n) is 0. The monoisotopic (exact) mass is 438 g/mol. The molecule has 4 heteroatoms. The minimum Gasteiger partial charge on any atom is -2.00 e. The zero-order valence-corrected chi connectivity index (χ0v) is 14.3. The van der Waals surface area contributed by atoms with Crippen LogP contribution in [0.15, 0.2) is 0 Å². The van der Waals surface area contributed by atoms with Crippen LogP contribution in [0.25, 0.3) is 0 Å². The van der Waals surface area contributed by atoms with Crippen molar-refractivity contribution in [3.8, 4) is 0 Å². The summed E-state index contributed by atoms with van der Waals surface area (Å²) < 4.78 is 0. The molecular formula is Cd2SeTe. The van der Waals surface area contributed by atoms with E-state index in [0.29, 0.717) is 0 Å². The quantitative estimate of drug-likeness (QED) is 0.443. The van der Waals surface area contributed by atoms with E-state index >= 15 is 0 Å². The molecule has 0 aromatic carbocycles. The van der Waals surface area contributed by atoms with Gasteiger partial charge < -0.3 is 40.7 Å². The molecule has 0 aliphatic carbocycles. The van der Waals surface area contributed by atoms with Crippen molar-refractivity contribution in [1.82, 2.24) is 0 Å². The normalized spacial score (nSPS) is 0. The average Bonchev–Trinajstić information content (AvgIpc) is 0. The topological polar surface area (TPSA) is 0 Å². The van der Waals surface area contributed by atoms with E-state index in [9.17, 15) is 0 Å². The Morgan fingerprint density at radius 1 is 0.750 bits per heavy atom. The summed E-state index contributed by atoms with van der Waals surface area (Å²) in [6.45, 7) is 0. The van der Waals surface area contributed by atoms with Crippen LogP contribution in [-0.4, -0.2) is 40.7 Å².